The quantitative estimate of drug-likeness (QED) is 0.514. The second kappa shape index (κ2) is 10.1. The van der Waals surface area contributed by atoms with Crippen LogP contribution >= 0.6 is 0 Å². The van der Waals surface area contributed by atoms with Crippen LogP contribution in [0.2, 0.25) is 25.7 Å². The molecule has 20 heavy (non-hydrogen) atoms. The second-order valence-corrected chi connectivity index (χ2v) is 13.5. The van der Waals surface area contributed by atoms with E-state index in [0.29, 0.717) is 19.8 Å². The van der Waals surface area contributed by atoms with Crippen LogP contribution < -0.4 is 0 Å². The molecule has 0 rings (SSSR count). The normalized spacial score (nSPS) is 13.2. The summed E-state index contributed by atoms with van der Waals surface area (Å²) in [6.07, 6.45) is 1.09. The van der Waals surface area contributed by atoms with Crippen LogP contribution in [-0.4, -0.2) is 54.5 Å². The van der Waals surface area contributed by atoms with Gasteiger partial charge in [-0.1, -0.05) is 26.6 Å². The van der Waals surface area contributed by atoms with Gasteiger partial charge in [0.1, 0.15) is 8.24 Å². The average molecular weight is 322 g/mol. The molecule has 0 spiro atoms. The zero-order valence-corrected chi connectivity index (χ0v) is 16.6. The minimum atomic E-state index is -2.45. The van der Waals surface area contributed by atoms with Crippen LogP contribution in [0.1, 0.15) is 34.1 Å². The first-order valence-electron chi connectivity index (χ1n) is 8.02. The van der Waals surface area contributed by atoms with Gasteiger partial charge in [0.25, 0.3) is 0 Å². The zero-order chi connectivity index (χ0) is 15.6. The highest BCUT2D eigenvalue weighted by Crippen LogP contribution is 2.19. The van der Waals surface area contributed by atoms with E-state index in [9.17, 15) is 0 Å². The van der Waals surface area contributed by atoms with Crippen molar-refractivity contribution >= 4 is 17.0 Å². The van der Waals surface area contributed by atoms with E-state index in [2.05, 4.69) is 31.1 Å². The number of nitrogens with zero attached hydrogens (tertiary/aromatic N) is 1. The first-order chi connectivity index (χ1) is 9.35. The average Bonchev–Trinajstić information content (AvgIpc) is 2.34. The number of hydrogen-bond donors (Lipinski definition) is 0. The Labute approximate surface area is 128 Å². The summed E-state index contributed by atoms with van der Waals surface area (Å²) >= 11 is 0. The molecule has 0 unspecified atom stereocenters. The van der Waals surface area contributed by atoms with Gasteiger partial charge in [-0.05, 0) is 40.3 Å². The fourth-order valence-electron chi connectivity index (χ4n) is 2.46. The molecular weight excluding hydrogens is 286 g/mol. The lowest BCUT2D eigenvalue weighted by Gasteiger charge is -2.34. The van der Waals surface area contributed by atoms with Crippen molar-refractivity contribution in [2.75, 3.05) is 32.9 Å². The van der Waals surface area contributed by atoms with Crippen LogP contribution in [0.3, 0.4) is 0 Å². The monoisotopic (exact) mass is 321 g/mol. The van der Waals surface area contributed by atoms with Gasteiger partial charge in [-0.2, -0.15) is 0 Å². The first kappa shape index (κ1) is 20.3. The summed E-state index contributed by atoms with van der Waals surface area (Å²) in [5.74, 6) is 0. The van der Waals surface area contributed by atoms with Crippen LogP contribution in [-0.2, 0) is 13.3 Å². The van der Waals surface area contributed by atoms with Crippen LogP contribution in [0, 0.1) is 0 Å². The van der Waals surface area contributed by atoms with E-state index in [1.54, 1.807) is 0 Å². The van der Waals surface area contributed by atoms with Gasteiger partial charge >= 0.3 is 8.80 Å². The van der Waals surface area contributed by atoms with E-state index in [1.165, 1.54) is 0 Å². The summed E-state index contributed by atoms with van der Waals surface area (Å²) in [6, 6.07) is 0.920. The highest BCUT2D eigenvalue weighted by atomic mass is 28.4. The van der Waals surface area contributed by atoms with Gasteiger partial charge in [-0.15, -0.1) is 0 Å². The highest BCUT2D eigenvalue weighted by molar-refractivity contribution is 6.73. The van der Waals surface area contributed by atoms with Gasteiger partial charge in [0.05, 0.1) is 0 Å². The fraction of sp³-hybridized carbons (Fsp3) is 1.00. The third kappa shape index (κ3) is 7.33. The summed E-state index contributed by atoms with van der Waals surface area (Å²) in [5, 5.41) is 0. The van der Waals surface area contributed by atoms with Crippen LogP contribution in [0.5, 0.6) is 0 Å². The van der Waals surface area contributed by atoms with Gasteiger partial charge in [0.2, 0.25) is 0 Å². The lowest BCUT2D eigenvalue weighted by Crippen LogP contribution is -2.49. The molecule has 0 aromatic carbocycles. The van der Waals surface area contributed by atoms with Crippen molar-refractivity contribution in [1.82, 2.24) is 4.57 Å². The zero-order valence-electron chi connectivity index (χ0n) is 14.6. The predicted molar refractivity (Wildman–Crippen MR) is 90.6 cm³/mol. The molecule has 0 saturated carbocycles. The minimum Gasteiger partial charge on any atom is -0.374 e. The summed E-state index contributed by atoms with van der Waals surface area (Å²) in [5.41, 5.74) is 0. The lowest BCUT2D eigenvalue weighted by atomic mass is 10.5. The minimum absolute atomic E-state index is 0.664. The van der Waals surface area contributed by atoms with E-state index in [-0.39, 0.29) is 0 Å². The molecule has 0 heterocycles. The van der Waals surface area contributed by atoms with Gasteiger partial charge < -0.3 is 17.8 Å². The fourth-order valence-corrected chi connectivity index (χ4v) is 6.83. The maximum Gasteiger partial charge on any atom is 0.500 e. The molecule has 0 amide bonds. The summed E-state index contributed by atoms with van der Waals surface area (Å²) in [7, 11) is -3.66. The molecule has 0 aromatic heterocycles. The predicted octanol–water partition coefficient (Wildman–Crippen LogP) is 3.58. The smallest absolute Gasteiger partial charge is 0.374 e. The molecule has 4 nitrogen and oxygen atoms in total. The molecule has 0 aliphatic rings. The molecule has 0 aliphatic heterocycles. The van der Waals surface area contributed by atoms with Crippen molar-refractivity contribution in [1.29, 1.82) is 0 Å². The maximum atomic E-state index is 5.90. The number of hydrogen-bond acceptors (Lipinski definition) is 4. The molecular formula is C14H35NO3Si2. The van der Waals surface area contributed by atoms with Crippen molar-refractivity contribution in [3.05, 3.63) is 0 Å². The van der Waals surface area contributed by atoms with E-state index in [1.807, 2.05) is 20.8 Å². The van der Waals surface area contributed by atoms with Gasteiger partial charge in [-0.25, -0.2) is 0 Å². The van der Waals surface area contributed by atoms with Gasteiger partial charge in [0.15, 0.2) is 0 Å². The van der Waals surface area contributed by atoms with Crippen molar-refractivity contribution in [3.8, 4) is 0 Å². The van der Waals surface area contributed by atoms with E-state index in [0.717, 1.165) is 25.6 Å². The first-order valence-corrected chi connectivity index (χ1v) is 13.4. The molecule has 122 valence electrons. The largest absolute Gasteiger partial charge is 0.500 e. The molecule has 0 aliphatic carbocycles. The van der Waals surface area contributed by atoms with Crippen LogP contribution in [0.15, 0.2) is 0 Å². The SMILES string of the molecule is CCO[Si](CCCN(CC)[Si](C)(C)C)(OCC)OCC. The Morgan fingerprint density at radius 1 is 0.800 bits per heavy atom. The third-order valence-electron chi connectivity index (χ3n) is 3.33. The van der Waals surface area contributed by atoms with Gasteiger partial charge in [0, 0.05) is 25.9 Å². The van der Waals surface area contributed by atoms with E-state index < -0.39 is 17.0 Å². The van der Waals surface area contributed by atoms with Crippen LogP contribution in [0.25, 0.3) is 0 Å². The number of rotatable bonds is 12. The molecule has 0 bridgehead atoms. The molecule has 0 N–H and O–H groups in total. The molecule has 0 radical (unpaired) electrons. The van der Waals surface area contributed by atoms with E-state index in [4.69, 9.17) is 13.3 Å². The Bertz CT molecular complexity index is 230. The second-order valence-electron chi connectivity index (χ2n) is 5.84. The molecule has 0 aromatic rings. The molecule has 0 fully saturated rings. The Hall–Kier alpha value is 0.274. The Balaban J connectivity index is 4.51. The molecule has 0 atom stereocenters. The molecule has 0 saturated heterocycles. The Morgan fingerprint density at radius 2 is 1.25 bits per heavy atom. The summed E-state index contributed by atoms with van der Waals surface area (Å²) in [6.45, 7) is 19.7. The summed E-state index contributed by atoms with van der Waals surface area (Å²) in [4.78, 5) is 0. The topological polar surface area (TPSA) is 30.9 Å². The van der Waals surface area contributed by atoms with Crippen molar-refractivity contribution in [2.24, 2.45) is 0 Å². The van der Waals surface area contributed by atoms with Crippen molar-refractivity contribution in [3.63, 3.8) is 0 Å². The Kier molecular flexibility index (Phi) is 10.2. The third-order valence-corrected chi connectivity index (χ3v) is 8.92. The highest BCUT2D eigenvalue weighted by Gasteiger charge is 2.40. The van der Waals surface area contributed by atoms with Crippen molar-refractivity contribution < 1.29 is 13.3 Å². The Morgan fingerprint density at radius 3 is 1.55 bits per heavy atom. The maximum absolute atomic E-state index is 5.90. The van der Waals surface area contributed by atoms with Gasteiger partial charge in [-0.3, -0.25) is 0 Å². The van der Waals surface area contributed by atoms with E-state index >= 15 is 0 Å². The molecule has 6 heteroatoms. The van der Waals surface area contributed by atoms with Crippen molar-refractivity contribution in [2.45, 2.75) is 59.8 Å². The standard InChI is InChI=1S/C14H35NO3Si2/c1-8-15(19(5,6)7)13-12-14-20(16-9-2,17-10-3)18-11-4/h8-14H2,1-7H3. The lowest BCUT2D eigenvalue weighted by molar-refractivity contribution is 0.0704. The summed E-state index contributed by atoms with van der Waals surface area (Å²) < 4.78 is 20.3. The van der Waals surface area contributed by atoms with Crippen LogP contribution in [0.4, 0.5) is 0 Å².